The summed E-state index contributed by atoms with van der Waals surface area (Å²) in [4.78, 5) is 11.9. The normalized spacial score (nSPS) is 12.5. The molecule has 1 rings (SSSR count). The number of carbonyl (C=O) groups is 1. The maximum Gasteiger partial charge on any atom is 0.159 e. The van der Waals surface area contributed by atoms with Gasteiger partial charge in [-0.3, -0.25) is 4.79 Å². The molecule has 0 saturated carbocycles. The molecule has 100 valence electrons. The molecule has 0 amide bonds. The number of benzene rings is 1. The molecular formula is C12H14F2O3S. The van der Waals surface area contributed by atoms with Gasteiger partial charge in [0.15, 0.2) is 27.3 Å². The van der Waals surface area contributed by atoms with Gasteiger partial charge in [0, 0.05) is 12.7 Å². The van der Waals surface area contributed by atoms with Gasteiger partial charge in [0.25, 0.3) is 0 Å². The topological polar surface area (TPSA) is 51.2 Å². The Morgan fingerprint density at radius 1 is 1.22 bits per heavy atom. The van der Waals surface area contributed by atoms with E-state index in [1.165, 1.54) is 19.9 Å². The number of rotatable bonds is 4. The van der Waals surface area contributed by atoms with Gasteiger partial charge in [-0.15, -0.1) is 0 Å². The number of halogens is 2. The molecule has 6 heteroatoms. The predicted octanol–water partition coefficient (Wildman–Crippen LogP) is 1.90. The van der Waals surface area contributed by atoms with Gasteiger partial charge < -0.3 is 0 Å². The summed E-state index contributed by atoms with van der Waals surface area (Å²) >= 11 is 0. The third kappa shape index (κ3) is 2.93. The van der Waals surface area contributed by atoms with Crippen molar-refractivity contribution in [3.05, 3.63) is 35.4 Å². The Hall–Kier alpha value is -1.30. The number of Topliss-reactive ketones (excluding diaryl/α,β-unsaturated/α-hetero) is 1. The molecule has 3 nitrogen and oxygen atoms in total. The minimum Gasteiger partial charge on any atom is -0.298 e. The van der Waals surface area contributed by atoms with Crippen LogP contribution in [0.5, 0.6) is 0 Å². The van der Waals surface area contributed by atoms with Crippen LogP contribution in [0.15, 0.2) is 18.2 Å². The molecule has 1 aromatic rings. The van der Waals surface area contributed by atoms with Gasteiger partial charge in [0.2, 0.25) is 0 Å². The fraction of sp³-hybridized carbons (Fsp3) is 0.417. The van der Waals surface area contributed by atoms with E-state index in [2.05, 4.69) is 0 Å². The average Bonchev–Trinajstić information content (AvgIpc) is 2.21. The van der Waals surface area contributed by atoms with Crippen molar-refractivity contribution in [2.75, 3.05) is 6.26 Å². The maximum atomic E-state index is 13.0. The molecule has 1 aromatic carbocycles. The Bertz CT molecular complexity index is 577. The van der Waals surface area contributed by atoms with Crippen LogP contribution in [0.1, 0.15) is 19.4 Å². The second-order valence-electron chi connectivity index (χ2n) is 4.63. The molecule has 0 atom stereocenters. The van der Waals surface area contributed by atoms with E-state index in [9.17, 15) is 22.0 Å². The molecule has 18 heavy (non-hydrogen) atoms. The van der Waals surface area contributed by atoms with E-state index in [4.69, 9.17) is 0 Å². The van der Waals surface area contributed by atoms with Crippen molar-refractivity contribution < 1.29 is 22.0 Å². The summed E-state index contributed by atoms with van der Waals surface area (Å²) < 4.78 is 47.0. The summed E-state index contributed by atoms with van der Waals surface area (Å²) in [5.41, 5.74) is 0.246. The van der Waals surface area contributed by atoms with Crippen molar-refractivity contribution in [1.29, 1.82) is 0 Å². The van der Waals surface area contributed by atoms with Gasteiger partial charge in [0.1, 0.15) is 4.75 Å². The fourth-order valence-corrected chi connectivity index (χ4v) is 1.74. The van der Waals surface area contributed by atoms with Gasteiger partial charge in [0.05, 0.1) is 0 Å². The van der Waals surface area contributed by atoms with E-state index < -0.39 is 32.0 Å². The van der Waals surface area contributed by atoms with Crippen molar-refractivity contribution in [3.8, 4) is 0 Å². The highest BCUT2D eigenvalue weighted by molar-refractivity contribution is 7.92. The molecule has 0 heterocycles. The van der Waals surface area contributed by atoms with Crippen LogP contribution in [0, 0.1) is 11.6 Å². The van der Waals surface area contributed by atoms with Gasteiger partial charge in [-0.25, -0.2) is 17.2 Å². The Balaban J connectivity index is 2.99. The Labute approximate surface area is 105 Å². The van der Waals surface area contributed by atoms with Crippen molar-refractivity contribution in [2.45, 2.75) is 25.0 Å². The summed E-state index contributed by atoms with van der Waals surface area (Å²) in [6, 6.07) is 3.06. The number of hydrogen-bond donors (Lipinski definition) is 0. The third-order valence-corrected chi connectivity index (χ3v) is 5.03. The van der Waals surface area contributed by atoms with Crippen LogP contribution >= 0.6 is 0 Å². The summed E-state index contributed by atoms with van der Waals surface area (Å²) in [7, 11) is -3.56. The van der Waals surface area contributed by atoms with Gasteiger partial charge in [-0.05, 0) is 31.5 Å². The Morgan fingerprint density at radius 3 is 2.22 bits per heavy atom. The zero-order valence-electron chi connectivity index (χ0n) is 10.3. The molecule has 0 bridgehead atoms. The first-order valence-electron chi connectivity index (χ1n) is 5.22. The van der Waals surface area contributed by atoms with E-state index in [0.717, 1.165) is 18.4 Å². The molecule has 0 radical (unpaired) electrons. The lowest BCUT2D eigenvalue weighted by molar-refractivity contribution is -0.120. The highest BCUT2D eigenvalue weighted by atomic mass is 32.2. The lowest BCUT2D eigenvalue weighted by atomic mass is 10.0. The van der Waals surface area contributed by atoms with Crippen molar-refractivity contribution in [1.82, 2.24) is 0 Å². The quantitative estimate of drug-likeness (QED) is 0.844. The number of hydrogen-bond acceptors (Lipinski definition) is 3. The van der Waals surface area contributed by atoms with Crippen LogP contribution in [0.4, 0.5) is 8.78 Å². The van der Waals surface area contributed by atoms with Gasteiger partial charge >= 0.3 is 0 Å². The van der Waals surface area contributed by atoms with Crippen LogP contribution in [0.2, 0.25) is 0 Å². The number of sulfone groups is 1. The summed E-state index contributed by atoms with van der Waals surface area (Å²) in [5, 5.41) is 0. The molecule has 0 spiro atoms. The molecule has 0 fully saturated rings. The smallest absolute Gasteiger partial charge is 0.159 e. The van der Waals surface area contributed by atoms with Crippen LogP contribution in [-0.4, -0.2) is 25.2 Å². The molecule has 0 unspecified atom stereocenters. The van der Waals surface area contributed by atoms with E-state index in [1.54, 1.807) is 0 Å². The van der Waals surface area contributed by atoms with E-state index in [0.29, 0.717) is 0 Å². The lowest BCUT2D eigenvalue weighted by Gasteiger charge is -2.20. The molecule has 0 aromatic heterocycles. The average molecular weight is 276 g/mol. The largest absolute Gasteiger partial charge is 0.298 e. The molecular weight excluding hydrogens is 262 g/mol. The second-order valence-corrected chi connectivity index (χ2v) is 7.20. The molecule has 0 aliphatic heterocycles. The van der Waals surface area contributed by atoms with Gasteiger partial charge in [-0.2, -0.15) is 0 Å². The van der Waals surface area contributed by atoms with Crippen LogP contribution in [-0.2, 0) is 21.1 Å². The molecule has 0 aliphatic carbocycles. The monoisotopic (exact) mass is 276 g/mol. The SMILES string of the molecule is CC(C)(C(=O)Cc1ccc(F)c(F)c1)S(C)(=O)=O. The zero-order chi connectivity index (χ0) is 14.1. The van der Waals surface area contributed by atoms with Crippen LogP contribution < -0.4 is 0 Å². The van der Waals surface area contributed by atoms with Crippen molar-refractivity contribution in [3.63, 3.8) is 0 Å². The predicted molar refractivity (Wildman–Crippen MR) is 64.0 cm³/mol. The highest BCUT2D eigenvalue weighted by Crippen LogP contribution is 2.19. The lowest BCUT2D eigenvalue weighted by Crippen LogP contribution is -2.40. The van der Waals surface area contributed by atoms with Crippen LogP contribution in [0.3, 0.4) is 0 Å². The Morgan fingerprint density at radius 2 is 1.78 bits per heavy atom. The minimum atomic E-state index is -3.56. The van der Waals surface area contributed by atoms with Crippen LogP contribution in [0.25, 0.3) is 0 Å². The van der Waals surface area contributed by atoms with E-state index >= 15 is 0 Å². The fourth-order valence-electron chi connectivity index (χ4n) is 1.25. The van der Waals surface area contributed by atoms with E-state index in [1.807, 2.05) is 0 Å². The first kappa shape index (κ1) is 14.8. The zero-order valence-corrected chi connectivity index (χ0v) is 11.1. The number of ketones is 1. The summed E-state index contributed by atoms with van der Waals surface area (Å²) in [6.45, 7) is 2.59. The first-order chi connectivity index (χ1) is 8.05. The maximum absolute atomic E-state index is 13.0. The Kier molecular flexibility index (Phi) is 3.90. The first-order valence-corrected chi connectivity index (χ1v) is 7.11. The van der Waals surface area contributed by atoms with Crippen molar-refractivity contribution in [2.24, 2.45) is 0 Å². The van der Waals surface area contributed by atoms with E-state index in [-0.39, 0.29) is 12.0 Å². The minimum absolute atomic E-state index is 0.246. The summed E-state index contributed by atoms with van der Waals surface area (Å²) in [5.74, 6) is -2.62. The standard InChI is InChI=1S/C12H14F2O3S/c1-12(2,18(3,16)17)11(15)7-8-4-5-9(13)10(14)6-8/h4-6H,7H2,1-3H3. The van der Waals surface area contributed by atoms with Gasteiger partial charge in [-0.1, -0.05) is 6.07 Å². The second kappa shape index (κ2) is 4.76. The molecule has 0 N–H and O–H groups in total. The summed E-state index contributed by atoms with van der Waals surface area (Å²) in [6.07, 6.45) is 0.716. The molecule has 0 saturated heterocycles. The number of carbonyl (C=O) groups excluding carboxylic acids is 1. The highest BCUT2D eigenvalue weighted by Gasteiger charge is 2.37. The van der Waals surface area contributed by atoms with Crippen molar-refractivity contribution >= 4 is 15.6 Å². The molecule has 0 aliphatic rings. The third-order valence-electron chi connectivity index (χ3n) is 2.95.